The number of nitrogens with one attached hydrogen (secondary N) is 1. The molecule has 3 aromatic rings. The van der Waals surface area contributed by atoms with Crippen molar-refractivity contribution in [2.75, 3.05) is 25.1 Å². The molecule has 0 unspecified atom stereocenters. The number of hydrogen-bond acceptors (Lipinski definition) is 6. The van der Waals surface area contributed by atoms with Crippen molar-refractivity contribution in [2.24, 2.45) is 0 Å². The Balaban J connectivity index is 2.09. The standard InChI is InChI=1S/C31H39N3O6S/c1-22-13-18-28(40-7)27(19-22)34(41(37,38)26-11-9-8-10-12-26)21-29(35)33(23(2)30(36)32-31(3,4)5)20-24-14-16-25(39-6)17-15-24/h8-19,23H,20-21H2,1-7H3,(H,32,36)/t23-/m1/s1. The molecule has 2 amide bonds. The summed E-state index contributed by atoms with van der Waals surface area (Å²) in [7, 11) is -1.20. The Bertz CT molecular complexity index is 1450. The van der Waals surface area contributed by atoms with Gasteiger partial charge in [0.15, 0.2) is 0 Å². The van der Waals surface area contributed by atoms with Gasteiger partial charge in [-0.3, -0.25) is 13.9 Å². The number of hydrogen-bond donors (Lipinski definition) is 1. The summed E-state index contributed by atoms with van der Waals surface area (Å²) in [5.74, 6) is 0.0327. The number of ether oxygens (including phenoxy) is 2. The van der Waals surface area contributed by atoms with Crippen molar-refractivity contribution in [2.45, 2.75) is 57.6 Å². The summed E-state index contributed by atoms with van der Waals surface area (Å²) in [6.07, 6.45) is 0. The Labute approximate surface area is 243 Å². The zero-order valence-electron chi connectivity index (χ0n) is 24.7. The fraction of sp³-hybridized carbons (Fsp3) is 0.355. The lowest BCUT2D eigenvalue weighted by molar-refractivity contribution is -0.140. The third kappa shape index (κ3) is 8.00. The third-order valence-electron chi connectivity index (χ3n) is 6.39. The van der Waals surface area contributed by atoms with Crippen molar-refractivity contribution in [1.29, 1.82) is 0 Å². The summed E-state index contributed by atoms with van der Waals surface area (Å²) in [6.45, 7) is 8.53. The van der Waals surface area contributed by atoms with E-state index in [9.17, 15) is 18.0 Å². The van der Waals surface area contributed by atoms with E-state index in [2.05, 4.69) is 5.32 Å². The van der Waals surface area contributed by atoms with Crippen LogP contribution in [-0.4, -0.2) is 57.5 Å². The van der Waals surface area contributed by atoms with Gasteiger partial charge in [0.2, 0.25) is 11.8 Å². The number of anilines is 1. The van der Waals surface area contributed by atoms with E-state index in [-0.39, 0.29) is 23.0 Å². The first-order valence-corrected chi connectivity index (χ1v) is 14.7. The van der Waals surface area contributed by atoms with Crippen LogP contribution in [0.3, 0.4) is 0 Å². The monoisotopic (exact) mass is 581 g/mol. The Morgan fingerprint density at radius 3 is 2.12 bits per heavy atom. The predicted octanol–water partition coefficient (Wildman–Crippen LogP) is 4.54. The quantitative estimate of drug-likeness (QED) is 0.357. The van der Waals surface area contributed by atoms with Crippen LogP contribution in [0.2, 0.25) is 0 Å². The molecule has 10 heteroatoms. The van der Waals surface area contributed by atoms with Crippen LogP contribution >= 0.6 is 0 Å². The van der Waals surface area contributed by atoms with Crippen LogP contribution < -0.4 is 19.1 Å². The molecule has 1 atom stereocenters. The van der Waals surface area contributed by atoms with E-state index < -0.39 is 34.1 Å². The Kier molecular flexibility index (Phi) is 10.0. The summed E-state index contributed by atoms with van der Waals surface area (Å²) in [5, 5.41) is 2.92. The van der Waals surface area contributed by atoms with Crippen LogP contribution in [0.4, 0.5) is 5.69 Å². The normalized spacial score (nSPS) is 12.3. The van der Waals surface area contributed by atoms with Crippen molar-refractivity contribution in [3.8, 4) is 11.5 Å². The lowest BCUT2D eigenvalue weighted by Crippen LogP contribution is -2.54. The number of benzene rings is 3. The average molecular weight is 582 g/mol. The van der Waals surface area contributed by atoms with Gasteiger partial charge in [0.1, 0.15) is 24.1 Å². The van der Waals surface area contributed by atoms with Crippen molar-refractivity contribution in [3.05, 3.63) is 83.9 Å². The first-order valence-electron chi connectivity index (χ1n) is 13.2. The van der Waals surface area contributed by atoms with E-state index in [1.165, 1.54) is 24.1 Å². The highest BCUT2D eigenvalue weighted by molar-refractivity contribution is 7.92. The van der Waals surface area contributed by atoms with Crippen molar-refractivity contribution in [1.82, 2.24) is 10.2 Å². The van der Waals surface area contributed by atoms with Crippen molar-refractivity contribution < 1.29 is 27.5 Å². The molecule has 0 aliphatic carbocycles. The van der Waals surface area contributed by atoms with E-state index in [1.807, 2.05) is 27.7 Å². The molecule has 0 heterocycles. The summed E-state index contributed by atoms with van der Waals surface area (Å²) in [4.78, 5) is 28.8. The van der Waals surface area contributed by atoms with Crippen LogP contribution in [0.1, 0.15) is 38.8 Å². The molecule has 0 aliphatic heterocycles. The van der Waals surface area contributed by atoms with Gasteiger partial charge in [0, 0.05) is 12.1 Å². The molecule has 0 aromatic heterocycles. The number of sulfonamides is 1. The van der Waals surface area contributed by atoms with Gasteiger partial charge in [-0.1, -0.05) is 36.4 Å². The molecule has 41 heavy (non-hydrogen) atoms. The van der Waals surface area contributed by atoms with Crippen LogP contribution in [0.25, 0.3) is 0 Å². The zero-order valence-corrected chi connectivity index (χ0v) is 25.5. The second-order valence-electron chi connectivity index (χ2n) is 10.8. The maximum Gasteiger partial charge on any atom is 0.264 e. The minimum atomic E-state index is -4.20. The third-order valence-corrected chi connectivity index (χ3v) is 8.16. The smallest absolute Gasteiger partial charge is 0.264 e. The van der Waals surface area contributed by atoms with Gasteiger partial charge in [-0.05, 0) is 82.1 Å². The number of nitrogens with zero attached hydrogens (tertiary/aromatic N) is 2. The summed E-state index contributed by atoms with van der Waals surface area (Å²) >= 11 is 0. The van der Waals surface area contributed by atoms with E-state index in [1.54, 1.807) is 74.7 Å². The topological polar surface area (TPSA) is 105 Å². The van der Waals surface area contributed by atoms with E-state index >= 15 is 0 Å². The fourth-order valence-electron chi connectivity index (χ4n) is 4.21. The highest BCUT2D eigenvalue weighted by Gasteiger charge is 2.34. The maximum absolute atomic E-state index is 14.1. The van der Waals surface area contributed by atoms with E-state index in [0.29, 0.717) is 11.5 Å². The highest BCUT2D eigenvalue weighted by atomic mass is 32.2. The van der Waals surface area contributed by atoms with Gasteiger partial charge in [-0.2, -0.15) is 0 Å². The zero-order chi connectivity index (χ0) is 30.4. The van der Waals surface area contributed by atoms with Gasteiger partial charge >= 0.3 is 0 Å². The van der Waals surface area contributed by atoms with E-state index in [0.717, 1.165) is 15.4 Å². The van der Waals surface area contributed by atoms with Gasteiger partial charge in [-0.25, -0.2) is 8.42 Å². The number of rotatable bonds is 11. The summed E-state index contributed by atoms with van der Waals surface area (Å²) in [6, 6.07) is 19.3. The lowest BCUT2D eigenvalue weighted by Gasteiger charge is -2.33. The lowest BCUT2D eigenvalue weighted by atomic mass is 10.1. The molecule has 0 fully saturated rings. The second-order valence-corrected chi connectivity index (χ2v) is 12.6. The van der Waals surface area contributed by atoms with Crippen LogP contribution in [0.5, 0.6) is 11.5 Å². The molecule has 0 spiro atoms. The molecular weight excluding hydrogens is 542 g/mol. The van der Waals surface area contributed by atoms with Gasteiger partial charge in [0.05, 0.1) is 24.8 Å². The number of carbonyl (C=O) groups is 2. The largest absolute Gasteiger partial charge is 0.497 e. The molecule has 0 saturated heterocycles. The SMILES string of the molecule is COc1ccc(CN(C(=O)CN(c2cc(C)ccc2OC)S(=O)(=O)c2ccccc2)[C@H](C)C(=O)NC(C)(C)C)cc1. The molecule has 1 N–H and O–H groups in total. The Morgan fingerprint density at radius 1 is 0.927 bits per heavy atom. The molecule has 0 radical (unpaired) electrons. The van der Waals surface area contributed by atoms with Gasteiger partial charge in [0.25, 0.3) is 10.0 Å². The van der Waals surface area contributed by atoms with Crippen molar-refractivity contribution in [3.63, 3.8) is 0 Å². The molecule has 9 nitrogen and oxygen atoms in total. The number of methoxy groups -OCH3 is 2. The number of amides is 2. The molecular formula is C31H39N3O6S. The van der Waals surface area contributed by atoms with Crippen LogP contribution in [-0.2, 0) is 26.2 Å². The fourth-order valence-corrected chi connectivity index (χ4v) is 5.65. The molecule has 0 saturated carbocycles. The number of aryl methyl sites for hydroxylation is 1. The summed E-state index contributed by atoms with van der Waals surface area (Å²) in [5.41, 5.74) is 1.23. The minimum absolute atomic E-state index is 0.0246. The molecule has 220 valence electrons. The first kappa shape index (κ1) is 31.5. The average Bonchev–Trinajstić information content (AvgIpc) is 2.93. The van der Waals surface area contributed by atoms with E-state index in [4.69, 9.17) is 9.47 Å². The second kappa shape index (κ2) is 13.1. The molecule has 0 bridgehead atoms. The Morgan fingerprint density at radius 2 is 1.56 bits per heavy atom. The Hall–Kier alpha value is -4.05. The van der Waals surface area contributed by atoms with Crippen LogP contribution in [0.15, 0.2) is 77.7 Å². The van der Waals surface area contributed by atoms with Gasteiger partial charge < -0.3 is 19.7 Å². The predicted molar refractivity (Wildman–Crippen MR) is 160 cm³/mol. The molecule has 0 aliphatic rings. The first-order chi connectivity index (χ1) is 19.3. The minimum Gasteiger partial charge on any atom is -0.497 e. The maximum atomic E-state index is 14.1. The highest BCUT2D eigenvalue weighted by Crippen LogP contribution is 2.33. The number of carbonyl (C=O) groups excluding carboxylic acids is 2. The van der Waals surface area contributed by atoms with Crippen molar-refractivity contribution >= 4 is 27.5 Å². The summed E-state index contributed by atoms with van der Waals surface area (Å²) < 4.78 is 39.8. The van der Waals surface area contributed by atoms with Crippen LogP contribution in [0, 0.1) is 6.92 Å². The van der Waals surface area contributed by atoms with Gasteiger partial charge in [-0.15, -0.1) is 0 Å². The molecule has 3 aromatic carbocycles. The molecule has 3 rings (SSSR count).